The average Bonchev–Trinajstić information content (AvgIpc) is 2.82. The molecule has 0 fully saturated rings. The van der Waals surface area contributed by atoms with E-state index in [1.807, 2.05) is 12.1 Å². The van der Waals surface area contributed by atoms with Gasteiger partial charge in [0.2, 0.25) is 5.78 Å². The molecule has 0 atom stereocenters. The summed E-state index contributed by atoms with van der Waals surface area (Å²) in [5, 5.41) is 0.337. The van der Waals surface area contributed by atoms with Gasteiger partial charge in [-0.3, -0.25) is 4.79 Å². The third-order valence-corrected chi connectivity index (χ3v) is 2.70. The second kappa shape index (κ2) is 4.23. The summed E-state index contributed by atoms with van der Waals surface area (Å²) >= 11 is 5.67. The molecular weight excluding hydrogens is 252 g/mol. The second-order valence-corrected chi connectivity index (χ2v) is 4.07. The highest BCUT2D eigenvalue weighted by molar-refractivity contribution is 6.29. The summed E-state index contributed by atoms with van der Waals surface area (Å²) in [6.07, 6.45) is 1.40. The molecule has 88 valence electrons. The largest absolute Gasteiger partial charge is 0.433 e. The van der Waals surface area contributed by atoms with Crippen molar-refractivity contribution in [2.75, 3.05) is 0 Å². The number of hydrogen-bond acceptors (Lipinski definition) is 4. The molecule has 0 aliphatic carbocycles. The minimum absolute atomic E-state index is 0.0559. The van der Waals surface area contributed by atoms with E-state index in [4.69, 9.17) is 16.0 Å². The predicted octanol–water partition coefficient (Wildman–Crippen LogP) is 3.11. The number of oxazole rings is 1. The number of benzene rings is 1. The average molecular weight is 259 g/mol. The van der Waals surface area contributed by atoms with Crippen molar-refractivity contribution in [1.29, 1.82) is 0 Å². The van der Waals surface area contributed by atoms with Gasteiger partial charge in [-0.1, -0.05) is 23.7 Å². The Hall–Kier alpha value is -2.20. The molecule has 0 bridgehead atoms. The van der Waals surface area contributed by atoms with Crippen molar-refractivity contribution >= 4 is 28.5 Å². The number of pyridine rings is 1. The molecule has 0 aliphatic heterocycles. The molecule has 2 heterocycles. The smallest absolute Gasteiger partial charge is 0.269 e. The summed E-state index contributed by atoms with van der Waals surface area (Å²) < 4.78 is 5.39. The van der Waals surface area contributed by atoms with Crippen LogP contribution >= 0.6 is 11.6 Å². The summed E-state index contributed by atoms with van der Waals surface area (Å²) in [7, 11) is 0. The number of ketones is 1. The van der Waals surface area contributed by atoms with E-state index < -0.39 is 0 Å². The van der Waals surface area contributed by atoms with E-state index in [2.05, 4.69) is 9.97 Å². The van der Waals surface area contributed by atoms with E-state index in [1.165, 1.54) is 6.20 Å². The van der Waals surface area contributed by atoms with Gasteiger partial charge in [-0.25, -0.2) is 9.97 Å². The van der Waals surface area contributed by atoms with Gasteiger partial charge in [-0.05, 0) is 24.3 Å². The molecule has 0 saturated carbocycles. The van der Waals surface area contributed by atoms with Gasteiger partial charge >= 0.3 is 0 Å². The number of carbonyl (C=O) groups excluding carboxylic acids is 1. The first-order valence-electron chi connectivity index (χ1n) is 5.26. The first-order valence-corrected chi connectivity index (χ1v) is 5.64. The Bertz CT molecular complexity index is 686. The Kier molecular flexibility index (Phi) is 2.57. The predicted molar refractivity (Wildman–Crippen MR) is 66.7 cm³/mol. The lowest BCUT2D eigenvalue weighted by molar-refractivity contribution is 0.100. The minimum atomic E-state index is -0.310. The van der Waals surface area contributed by atoms with E-state index >= 15 is 0 Å². The number of para-hydroxylation sites is 2. The number of aromatic nitrogens is 2. The zero-order valence-electron chi connectivity index (χ0n) is 9.13. The van der Waals surface area contributed by atoms with Crippen molar-refractivity contribution in [2.45, 2.75) is 0 Å². The number of nitrogens with zero attached hydrogens (tertiary/aromatic N) is 2. The molecule has 0 saturated heterocycles. The van der Waals surface area contributed by atoms with Gasteiger partial charge in [0.1, 0.15) is 10.7 Å². The Labute approximate surface area is 107 Å². The van der Waals surface area contributed by atoms with Gasteiger partial charge in [-0.15, -0.1) is 0 Å². The van der Waals surface area contributed by atoms with Crippen LogP contribution in [0.2, 0.25) is 5.15 Å². The van der Waals surface area contributed by atoms with Crippen molar-refractivity contribution in [2.24, 2.45) is 0 Å². The topological polar surface area (TPSA) is 56.0 Å². The van der Waals surface area contributed by atoms with E-state index in [9.17, 15) is 4.79 Å². The first-order chi connectivity index (χ1) is 8.74. The Morgan fingerprint density at radius 1 is 1.17 bits per heavy atom. The lowest BCUT2D eigenvalue weighted by Crippen LogP contribution is -2.01. The summed E-state index contributed by atoms with van der Waals surface area (Å²) in [6, 6.07) is 10.4. The molecule has 0 spiro atoms. The van der Waals surface area contributed by atoms with Crippen LogP contribution in [-0.4, -0.2) is 15.8 Å². The summed E-state index contributed by atoms with van der Waals surface area (Å²) in [5.74, 6) is -0.254. The molecule has 0 radical (unpaired) electrons. The first kappa shape index (κ1) is 10.9. The quantitative estimate of drug-likeness (QED) is 0.523. The van der Waals surface area contributed by atoms with Gasteiger partial charge in [0.25, 0.3) is 5.89 Å². The highest BCUT2D eigenvalue weighted by atomic mass is 35.5. The van der Waals surface area contributed by atoms with Crippen molar-refractivity contribution in [1.82, 2.24) is 9.97 Å². The van der Waals surface area contributed by atoms with E-state index in [1.54, 1.807) is 24.3 Å². The monoisotopic (exact) mass is 258 g/mol. The van der Waals surface area contributed by atoms with E-state index in [0.717, 1.165) is 0 Å². The van der Waals surface area contributed by atoms with Crippen LogP contribution in [0.3, 0.4) is 0 Å². The van der Waals surface area contributed by atoms with Gasteiger partial charge in [0, 0.05) is 11.8 Å². The summed E-state index contributed by atoms with van der Waals surface area (Å²) in [6.45, 7) is 0. The maximum atomic E-state index is 12.1. The molecule has 0 aliphatic rings. The molecular formula is C13H7ClN2O2. The summed E-state index contributed by atoms with van der Waals surface area (Å²) in [4.78, 5) is 20.1. The maximum Gasteiger partial charge on any atom is 0.269 e. The van der Waals surface area contributed by atoms with Crippen LogP contribution in [0.25, 0.3) is 11.1 Å². The molecule has 0 amide bonds. The standard InChI is InChI=1S/C13H7ClN2O2/c14-11-6-5-8(7-15-11)12(17)13-16-9-3-1-2-4-10(9)18-13/h1-7H. The Morgan fingerprint density at radius 3 is 2.72 bits per heavy atom. The van der Waals surface area contributed by atoms with Crippen molar-refractivity contribution in [3.63, 3.8) is 0 Å². The lowest BCUT2D eigenvalue weighted by Gasteiger charge is -1.95. The van der Waals surface area contributed by atoms with Crippen LogP contribution < -0.4 is 0 Å². The summed E-state index contributed by atoms with van der Waals surface area (Å²) in [5.41, 5.74) is 1.64. The van der Waals surface area contributed by atoms with Crippen molar-refractivity contribution in [3.8, 4) is 0 Å². The number of halogens is 1. The molecule has 0 N–H and O–H groups in total. The number of rotatable bonds is 2. The molecule has 5 heteroatoms. The van der Waals surface area contributed by atoms with E-state index in [0.29, 0.717) is 21.8 Å². The second-order valence-electron chi connectivity index (χ2n) is 3.69. The highest BCUT2D eigenvalue weighted by Gasteiger charge is 2.16. The van der Waals surface area contributed by atoms with Crippen molar-refractivity contribution in [3.05, 3.63) is 59.2 Å². The van der Waals surface area contributed by atoms with Gasteiger partial charge in [0.15, 0.2) is 5.58 Å². The zero-order chi connectivity index (χ0) is 12.5. The van der Waals surface area contributed by atoms with Gasteiger partial charge in [-0.2, -0.15) is 0 Å². The number of hydrogen-bond donors (Lipinski definition) is 0. The third kappa shape index (κ3) is 1.87. The molecule has 1 aromatic carbocycles. The van der Waals surface area contributed by atoms with Crippen LogP contribution in [0.1, 0.15) is 16.2 Å². The minimum Gasteiger partial charge on any atom is -0.433 e. The zero-order valence-corrected chi connectivity index (χ0v) is 9.89. The van der Waals surface area contributed by atoms with Gasteiger partial charge in [0.05, 0.1) is 0 Å². The molecule has 0 unspecified atom stereocenters. The third-order valence-electron chi connectivity index (χ3n) is 2.48. The molecule has 18 heavy (non-hydrogen) atoms. The molecule has 2 aromatic heterocycles. The highest BCUT2D eigenvalue weighted by Crippen LogP contribution is 2.17. The SMILES string of the molecule is O=C(c1ccc(Cl)nc1)c1nc2ccccc2o1. The Morgan fingerprint density at radius 2 is 2.00 bits per heavy atom. The number of carbonyl (C=O) groups is 1. The fourth-order valence-corrected chi connectivity index (χ4v) is 1.71. The fraction of sp³-hybridized carbons (Fsp3) is 0. The van der Waals surface area contributed by atoms with Crippen LogP contribution in [0.5, 0.6) is 0 Å². The van der Waals surface area contributed by atoms with Crippen LogP contribution in [0.15, 0.2) is 47.0 Å². The molecule has 3 rings (SSSR count). The molecule has 3 aromatic rings. The van der Waals surface area contributed by atoms with Gasteiger partial charge < -0.3 is 4.42 Å². The Balaban J connectivity index is 2.03. The van der Waals surface area contributed by atoms with Crippen LogP contribution in [-0.2, 0) is 0 Å². The van der Waals surface area contributed by atoms with Crippen LogP contribution in [0.4, 0.5) is 0 Å². The van der Waals surface area contributed by atoms with E-state index in [-0.39, 0.29) is 11.7 Å². The maximum absolute atomic E-state index is 12.1. The lowest BCUT2D eigenvalue weighted by atomic mass is 10.2. The van der Waals surface area contributed by atoms with Crippen molar-refractivity contribution < 1.29 is 9.21 Å². The fourth-order valence-electron chi connectivity index (χ4n) is 1.60. The number of fused-ring (bicyclic) bond motifs is 1. The molecule has 4 nitrogen and oxygen atoms in total. The normalized spacial score (nSPS) is 10.7. The van der Waals surface area contributed by atoms with Crippen LogP contribution in [0, 0.1) is 0 Å².